The molecule has 7 nitrogen and oxygen atoms in total. The summed E-state index contributed by atoms with van der Waals surface area (Å²) in [5, 5.41) is 6.63. The lowest BCUT2D eigenvalue weighted by Gasteiger charge is -2.23. The van der Waals surface area contributed by atoms with E-state index < -0.39 is 17.5 Å². The number of nitrogens with zero attached hydrogens (tertiary/aromatic N) is 1. The Labute approximate surface area is 156 Å². The van der Waals surface area contributed by atoms with Gasteiger partial charge in [-0.15, -0.1) is 0 Å². The van der Waals surface area contributed by atoms with Gasteiger partial charge in [-0.3, -0.25) is 10.2 Å². The highest BCUT2D eigenvalue weighted by Crippen LogP contribution is 2.30. The molecule has 1 heterocycles. The Morgan fingerprint density at radius 1 is 1.15 bits per heavy atom. The first-order valence-corrected chi connectivity index (χ1v) is 8.29. The third-order valence-electron chi connectivity index (χ3n) is 4.08. The quantitative estimate of drug-likeness (QED) is 0.566. The smallest absolute Gasteiger partial charge is 0.344 e. The molecule has 1 saturated heterocycles. The van der Waals surface area contributed by atoms with E-state index in [1.54, 1.807) is 31.2 Å². The molecule has 1 atom stereocenters. The first kappa shape index (κ1) is 17.7. The molecular formula is C18H18N4O3S. The van der Waals surface area contributed by atoms with Crippen LogP contribution in [-0.4, -0.2) is 29.2 Å². The van der Waals surface area contributed by atoms with E-state index in [4.69, 9.17) is 17.0 Å². The van der Waals surface area contributed by atoms with Gasteiger partial charge in [0, 0.05) is 5.69 Å². The van der Waals surface area contributed by atoms with E-state index in [1.807, 2.05) is 30.3 Å². The van der Waals surface area contributed by atoms with Gasteiger partial charge in [-0.1, -0.05) is 30.3 Å². The Kier molecular flexibility index (Phi) is 4.77. The van der Waals surface area contributed by atoms with Gasteiger partial charge in [0.05, 0.1) is 7.11 Å². The molecule has 0 radical (unpaired) electrons. The molecule has 134 valence electrons. The van der Waals surface area contributed by atoms with Crippen LogP contribution in [0.25, 0.3) is 0 Å². The second-order valence-electron chi connectivity index (χ2n) is 5.86. The van der Waals surface area contributed by atoms with Crippen LogP contribution >= 0.6 is 12.2 Å². The van der Waals surface area contributed by atoms with Gasteiger partial charge in [-0.25, -0.2) is 4.79 Å². The molecule has 0 bridgehead atoms. The molecule has 3 amide bonds. The Bertz CT molecular complexity index is 859. The van der Waals surface area contributed by atoms with E-state index in [0.29, 0.717) is 11.3 Å². The third kappa shape index (κ3) is 3.31. The lowest BCUT2D eigenvalue weighted by Crippen LogP contribution is -2.49. The number of urea groups is 1. The summed E-state index contributed by atoms with van der Waals surface area (Å²) in [7, 11) is 1.54. The highest BCUT2D eigenvalue weighted by Gasteiger charge is 2.49. The minimum atomic E-state index is -1.22. The van der Waals surface area contributed by atoms with E-state index in [2.05, 4.69) is 16.1 Å². The molecule has 0 aromatic heterocycles. The monoisotopic (exact) mass is 370 g/mol. The second kappa shape index (κ2) is 7.01. The summed E-state index contributed by atoms with van der Waals surface area (Å²) in [6.07, 6.45) is 0. The highest BCUT2D eigenvalue weighted by molar-refractivity contribution is 7.80. The van der Waals surface area contributed by atoms with Crippen LogP contribution in [0.4, 0.5) is 10.5 Å². The molecule has 2 aromatic carbocycles. The number of nitrogens with one attached hydrogen (secondary N) is 3. The van der Waals surface area contributed by atoms with Crippen molar-refractivity contribution in [3.05, 3.63) is 60.2 Å². The zero-order chi connectivity index (χ0) is 18.7. The fourth-order valence-corrected chi connectivity index (χ4v) is 2.86. The summed E-state index contributed by atoms with van der Waals surface area (Å²) < 4.78 is 5.20. The zero-order valence-electron chi connectivity index (χ0n) is 14.3. The van der Waals surface area contributed by atoms with Crippen LogP contribution in [0.5, 0.6) is 5.75 Å². The van der Waals surface area contributed by atoms with Crippen molar-refractivity contribution in [1.82, 2.24) is 15.8 Å². The predicted molar refractivity (Wildman–Crippen MR) is 102 cm³/mol. The number of anilines is 1. The van der Waals surface area contributed by atoms with Crippen LogP contribution in [0.15, 0.2) is 54.6 Å². The van der Waals surface area contributed by atoms with Crippen LogP contribution in [0, 0.1) is 0 Å². The molecule has 0 saturated carbocycles. The van der Waals surface area contributed by atoms with Gasteiger partial charge in [0.25, 0.3) is 5.91 Å². The molecule has 2 aromatic rings. The fourth-order valence-electron chi connectivity index (χ4n) is 2.65. The lowest BCUT2D eigenvalue weighted by molar-refractivity contribution is -0.132. The normalized spacial score (nSPS) is 19.1. The van der Waals surface area contributed by atoms with Gasteiger partial charge in [0.2, 0.25) is 0 Å². The fraction of sp³-hybridized carbons (Fsp3) is 0.167. The Morgan fingerprint density at radius 3 is 2.58 bits per heavy atom. The van der Waals surface area contributed by atoms with E-state index in [9.17, 15) is 9.59 Å². The maximum absolute atomic E-state index is 12.9. The van der Waals surface area contributed by atoms with Crippen molar-refractivity contribution >= 4 is 35.0 Å². The second-order valence-corrected chi connectivity index (χ2v) is 6.27. The van der Waals surface area contributed by atoms with E-state index in [-0.39, 0.29) is 5.11 Å². The number of hydrogen-bond donors (Lipinski definition) is 3. The number of hydrogen-bond acceptors (Lipinski definition) is 4. The molecule has 1 fully saturated rings. The summed E-state index contributed by atoms with van der Waals surface area (Å²) in [5.41, 5.74) is 2.78. The third-order valence-corrected chi connectivity index (χ3v) is 4.28. The zero-order valence-corrected chi connectivity index (χ0v) is 15.1. The SMILES string of the molecule is COc1cccc(C2(C)NC(=O)N(NC(=S)Nc3ccccc3)C2=O)c1. The van der Waals surface area contributed by atoms with Crippen molar-refractivity contribution in [1.29, 1.82) is 0 Å². The van der Waals surface area contributed by atoms with Crippen molar-refractivity contribution in [2.45, 2.75) is 12.5 Å². The molecule has 8 heteroatoms. The summed E-state index contributed by atoms with van der Waals surface area (Å²) >= 11 is 5.19. The van der Waals surface area contributed by atoms with Crippen molar-refractivity contribution in [2.75, 3.05) is 12.4 Å². The Balaban J connectivity index is 1.77. The van der Waals surface area contributed by atoms with E-state index in [1.165, 1.54) is 7.11 Å². The summed E-state index contributed by atoms with van der Waals surface area (Å²) in [4.78, 5) is 25.2. The van der Waals surface area contributed by atoms with Crippen molar-refractivity contribution < 1.29 is 14.3 Å². The van der Waals surface area contributed by atoms with Crippen LogP contribution in [0.2, 0.25) is 0 Å². The summed E-state index contributed by atoms with van der Waals surface area (Å²) in [6.45, 7) is 1.64. The van der Waals surface area contributed by atoms with Crippen molar-refractivity contribution in [3.63, 3.8) is 0 Å². The van der Waals surface area contributed by atoms with E-state index in [0.717, 1.165) is 10.7 Å². The van der Waals surface area contributed by atoms with Gasteiger partial charge in [-0.2, -0.15) is 5.01 Å². The molecule has 0 spiro atoms. The molecule has 26 heavy (non-hydrogen) atoms. The average molecular weight is 370 g/mol. The van der Waals surface area contributed by atoms with Crippen LogP contribution in [-0.2, 0) is 10.3 Å². The van der Waals surface area contributed by atoms with Crippen LogP contribution < -0.4 is 20.8 Å². The van der Waals surface area contributed by atoms with Crippen molar-refractivity contribution in [2.24, 2.45) is 0 Å². The molecule has 1 aliphatic heterocycles. The maximum Gasteiger partial charge on any atom is 0.344 e. The van der Waals surface area contributed by atoms with Gasteiger partial charge in [0.1, 0.15) is 11.3 Å². The van der Waals surface area contributed by atoms with Crippen LogP contribution in [0.1, 0.15) is 12.5 Å². The Morgan fingerprint density at radius 2 is 1.88 bits per heavy atom. The van der Waals surface area contributed by atoms with Gasteiger partial charge in [0.15, 0.2) is 5.11 Å². The number of carbonyl (C=O) groups is 2. The largest absolute Gasteiger partial charge is 0.497 e. The lowest BCUT2D eigenvalue weighted by atomic mass is 9.92. The topological polar surface area (TPSA) is 82.7 Å². The average Bonchev–Trinajstić information content (AvgIpc) is 2.87. The number of carbonyl (C=O) groups excluding carboxylic acids is 2. The summed E-state index contributed by atoms with van der Waals surface area (Å²) in [6, 6.07) is 15.6. The van der Waals surface area contributed by atoms with Crippen molar-refractivity contribution in [3.8, 4) is 5.75 Å². The number of thiocarbonyl (C=S) groups is 1. The number of imide groups is 1. The molecule has 1 unspecified atom stereocenters. The number of para-hydroxylation sites is 1. The number of benzene rings is 2. The molecule has 0 aliphatic carbocycles. The number of amides is 3. The van der Waals surface area contributed by atoms with Gasteiger partial charge < -0.3 is 15.4 Å². The minimum Gasteiger partial charge on any atom is -0.497 e. The van der Waals surface area contributed by atoms with Crippen LogP contribution in [0.3, 0.4) is 0 Å². The van der Waals surface area contributed by atoms with Gasteiger partial charge in [-0.05, 0) is 49.0 Å². The van der Waals surface area contributed by atoms with Gasteiger partial charge >= 0.3 is 6.03 Å². The summed E-state index contributed by atoms with van der Waals surface area (Å²) in [5.74, 6) is 0.131. The molecule has 3 rings (SSSR count). The number of hydrazine groups is 1. The van der Waals surface area contributed by atoms with E-state index >= 15 is 0 Å². The number of methoxy groups -OCH3 is 1. The maximum atomic E-state index is 12.9. The number of ether oxygens (including phenoxy) is 1. The highest BCUT2D eigenvalue weighted by atomic mass is 32.1. The predicted octanol–water partition coefficient (Wildman–Crippen LogP) is 2.36. The number of rotatable bonds is 4. The Hall–Kier alpha value is -3.13. The molecular weight excluding hydrogens is 352 g/mol. The standard InChI is InChI=1S/C18H18N4O3S/c1-18(12-7-6-10-14(11-12)25-2)15(23)22(17(24)20-18)21-16(26)19-13-8-4-3-5-9-13/h3-11H,1-2H3,(H,20,24)(H2,19,21,26). The first-order chi connectivity index (χ1) is 12.4. The minimum absolute atomic E-state index is 0.134. The molecule has 3 N–H and O–H groups in total. The molecule has 1 aliphatic rings. The first-order valence-electron chi connectivity index (χ1n) is 7.88.